The third kappa shape index (κ3) is 6.68. The van der Waals surface area contributed by atoms with Gasteiger partial charge in [-0.1, -0.05) is 42.6 Å². The Balaban J connectivity index is 1.54. The summed E-state index contributed by atoms with van der Waals surface area (Å²) in [6.45, 7) is 5.31. The second-order valence-corrected chi connectivity index (χ2v) is 8.17. The predicted molar refractivity (Wildman–Crippen MR) is 124 cm³/mol. The molecule has 3 rings (SSSR count). The summed E-state index contributed by atoms with van der Waals surface area (Å²) in [6.07, 6.45) is -0.0997. The lowest BCUT2D eigenvalue weighted by atomic mass is 10.1. The molecule has 0 unspecified atom stereocenters. The van der Waals surface area contributed by atoms with Gasteiger partial charge in [-0.15, -0.1) is 5.10 Å². The third-order valence-electron chi connectivity index (χ3n) is 4.38. The minimum Gasteiger partial charge on any atom is -0.545 e. The number of thioether (sulfide) groups is 1. The Labute approximate surface area is 193 Å². The Morgan fingerprint density at radius 2 is 1.82 bits per heavy atom. The van der Waals surface area contributed by atoms with Crippen LogP contribution < -0.4 is 26.5 Å². The number of amides is 3. The molecule has 0 bridgehead atoms. The number of anilines is 2. The molecule has 4 N–H and O–H groups in total. The van der Waals surface area contributed by atoms with Crippen molar-refractivity contribution in [1.82, 2.24) is 10.7 Å². The summed E-state index contributed by atoms with van der Waals surface area (Å²) in [5.74, 6) is -2.27. The fourth-order valence-electron chi connectivity index (χ4n) is 2.83. The molecule has 3 amide bonds. The van der Waals surface area contributed by atoms with Gasteiger partial charge in [0.05, 0.1) is 11.7 Å². The van der Waals surface area contributed by atoms with Gasteiger partial charge >= 0.3 is 0 Å². The molecule has 1 heterocycles. The van der Waals surface area contributed by atoms with Gasteiger partial charge in [-0.05, 0) is 29.8 Å². The summed E-state index contributed by atoms with van der Waals surface area (Å²) in [4.78, 5) is 46.4. The molecule has 1 atom stereocenters. The number of carbonyl (C=O) groups is 4. The number of carboxylic acids is 1. The van der Waals surface area contributed by atoms with Crippen LogP contribution in [0.1, 0.15) is 29.3 Å². The number of rotatable bonds is 8. The van der Waals surface area contributed by atoms with Crippen molar-refractivity contribution in [1.29, 1.82) is 0 Å². The van der Waals surface area contributed by atoms with Crippen LogP contribution in [-0.2, 0) is 14.4 Å². The summed E-state index contributed by atoms with van der Waals surface area (Å²) in [5, 5.41) is 22.4. The zero-order chi connectivity index (χ0) is 24.0. The van der Waals surface area contributed by atoms with E-state index in [9.17, 15) is 24.3 Å². The lowest BCUT2D eigenvalue weighted by Crippen LogP contribution is -2.28. The molecule has 0 saturated carbocycles. The maximum Gasteiger partial charge on any atom is 0.240 e. The van der Waals surface area contributed by atoms with Crippen LogP contribution in [-0.4, -0.2) is 34.1 Å². The zero-order valence-corrected chi connectivity index (χ0v) is 18.3. The minimum atomic E-state index is -1.31. The summed E-state index contributed by atoms with van der Waals surface area (Å²) in [6, 6.07) is 12.5. The van der Waals surface area contributed by atoms with Crippen molar-refractivity contribution in [2.75, 3.05) is 10.6 Å². The fourth-order valence-corrected chi connectivity index (χ4v) is 3.76. The molecule has 0 spiro atoms. The van der Waals surface area contributed by atoms with Crippen molar-refractivity contribution >= 4 is 57.7 Å². The number of hydrogen-bond acceptors (Lipinski definition) is 8. The molecule has 1 aliphatic heterocycles. The minimum absolute atomic E-state index is 0.00416. The molecular formula is C22H20N5O5S-. The SMILES string of the molecule is C=C(N/N=C1/NC(=O)[C@@H](CC(=O)Nc2ccc(C(=O)[O-])cc2)S1)c1cccc(NC(C)=O)c1. The monoisotopic (exact) mass is 466 g/mol. The summed E-state index contributed by atoms with van der Waals surface area (Å²) in [5.41, 5.74) is 4.92. The summed E-state index contributed by atoms with van der Waals surface area (Å²) in [7, 11) is 0. The number of benzene rings is 2. The first-order chi connectivity index (χ1) is 15.7. The highest BCUT2D eigenvalue weighted by Crippen LogP contribution is 2.23. The van der Waals surface area contributed by atoms with E-state index >= 15 is 0 Å². The van der Waals surface area contributed by atoms with Crippen molar-refractivity contribution < 1.29 is 24.3 Å². The molecule has 2 aromatic carbocycles. The second-order valence-electron chi connectivity index (χ2n) is 6.98. The molecule has 170 valence electrons. The fraction of sp³-hybridized carbons (Fsp3) is 0.136. The first-order valence-electron chi connectivity index (χ1n) is 9.70. The van der Waals surface area contributed by atoms with Gasteiger partial charge in [0.1, 0.15) is 5.25 Å². The van der Waals surface area contributed by atoms with E-state index in [0.29, 0.717) is 22.6 Å². The van der Waals surface area contributed by atoms with Crippen LogP contribution in [0, 0.1) is 0 Å². The van der Waals surface area contributed by atoms with Crippen molar-refractivity contribution in [3.8, 4) is 0 Å². The van der Waals surface area contributed by atoms with Gasteiger partial charge in [0, 0.05) is 30.3 Å². The maximum absolute atomic E-state index is 12.3. The smallest absolute Gasteiger partial charge is 0.240 e. The van der Waals surface area contributed by atoms with Gasteiger partial charge in [-0.25, -0.2) is 0 Å². The number of hydrazone groups is 1. The second kappa shape index (κ2) is 10.5. The average molecular weight is 466 g/mol. The molecule has 11 heteroatoms. The Morgan fingerprint density at radius 3 is 2.48 bits per heavy atom. The summed E-state index contributed by atoms with van der Waals surface area (Å²) < 4.78 is 0. The molecule has 1 aliphatic rings. The third-order valence-corrected chi connectivity index (χ3v) is 5.46. The molecule has 10 nitrogen and oxygen atoms in total. The van der Waals surface area contributed by atoms with Crippen LogP contribution in [0.15, 0.2) is 60.2 Å². The molecular weight excluding hydrogens is 446 g/mol. The molecule has 0 aromatic heterocycles. The largest absolute Gasteiger partial charge is 0.545 e. The van der Waals surface area contributed by atoms with Gasteiger partial charge in [0.25, 0.3) is 0 Å². The van der Waals surface area contributed by atoms with Gasteiger partial charge < -0.3 is 25.9 Å². The van der Waals surface area contributed by atoms with Crippen LogP contribution in [0.3, 0.4) is 0 Å². The van der Waals surface area contributed by atoms with Crippen LogP contribution in [0.25, 0.3) is 5.70 Å². The predicted octanol–water partition coefficient (Wildman–Crippen LogP) is 1.10. The molecule has 1 fully saturated rings. The van der Waals surface area contributed by atoms with Crippen LogP contribution in [0.4, 0.5) is 11.4 Å². The van der Waals surface area contributed by atoms with E-state index in [0.717, 1.165) is 11.8 Å². The van der Waals surface area contributed by atoms with E-state index in [1.54, 1.807) is 24.3 Å². The van der Waals surface area contributed by atoms with E-state index in [1.807, 2.05) is 0 Å². The van der Waals surface area contributed by atoms with Gasteiger partial charge in [0.15, 0.2) is 5.17 Å². The maximum atomic E-state index is 12.3. The van der Waals surface area contributed by atoms with Crippen molar-refractivity contribution in [3.05, 3.63) is 66.2 Å². The van der Waals surface area contributed by atoms with E-state index in [2.05, 4.69) is 33.1 Å². The molecule has 2 aromatic rings. The van der Waals surface area contributed by atoms with Crippen LogP contribution in [0.2, 0.25) is 0 Å². The van der Waals surface area contributed by atoms with Crippen LogP contribution in [0.5, 0.6) is 0 Å². The van der Waals surface area contributed by atoms with Crippen LogP contribution >= 0.6 is 11.8 Å². The standard InChI is InChI=1S/C22H21N5O5S/c1-12(15-4-3-5-17(10-15)23-13(2)28)26-27-22-25-20(30)18(33-22)11-19(29)24-16-8-6-14(7-9-16)21(31)32/h3-10,18,26H,1,11H2,2H3,(H,23,28)(H,24,29)(H,31,32)(H,25,27,30)/p-1/t18-/m1/s1. The number of carbonyl (C=O) groups excluding carboxylic acids is 4. The van der Waals surface area contributed by atoms with E-state index in [1.165, 1.54) is 31.2 Å². The van der Waals surface area contributed by atoms with Crippen molar-refractivity contribution in [2.24, 2.45) is 5.10 Å². The number of amidine groups is 1. The van der Waals surface area contributed by atoms with E-state index in [4.69, 9.17) is 0 Å². The summed E-state index contributed by atoms with van der Waals surface area (Å²) >= 11 is 1.09. The first-order valence-corrected chi connectivity index (χ1v) is 10.6. The topological polar surface area (TPSA) is 152 Å². The number of hydrogen-bond donors (Lipinski definition) is 4. The Hall–Kier alpha value is -4.12. The Morgan fingerprint density at radius 1 is 1.09 bits per heavy atom. The lowest BCUT2D eigenvalue weighted by molar-refractivity contribution is -0.255. The van der Waals surface area contributed by atoms with Gasteiger partial charge in [-0.3, -0.25) is 19.8 Å². The van der Waals surface area contributed by atoms with Gasteiger partial charge in [-0.2, -0.15) is 0 Å². The highest BCUT2D eigenvalue weighted by atomic mass is 32.2. The zero-order valence-electron chi connectivity index (χ0n) is 17.5. The Bertz CT molecular complexity index is 1150. The molecule has 1 saturated heterocycles. The molecule has 33 heavy (non-hydrogen) atoms. The first kappa shape index (κ1) is 23.5. The average Bonchev–Trinajstić information content (AvgIpc) is 3.11. The number of nitrogens with one attached hydrogen (secondary N) is 4. The van der Waals surface area contributed by atoms with E-state index in [-0.39, 0.29) is 29.0 Å². The van der Waals surface area contributed by atoms with Gasteiger partial charge in [0.2, 0.25) is 17.7 Å². The van der Waals surface area contributed by atoms with Crippen molar-refractivity contribution in [2.45, 2.75) is 18.6 Å². The number of nitrogens with zero attached hydrogens (tertiary/aromatic N) is 1. The number of carboxylic acid groups (broad SMARTS) is 1. The Kier molecular flexibility index (Phi) is 7.46. The van der Waals surface area contributed by atoms with E-state index < -0.39 is 17.1 Å². The lowest BCUT2D eigenvalue weighted by Gasteiger charge is -2.09. The van der Waals surface area contributed by atoms with Crippen molar-refractivity contribution in [3.63, 3.8) is 0 Å². The highest BCUT2D eigenvalue weighted by Gasteiger charge is 2.32. The number of aromatic carboxylic acids is 1. The normalized spacial score (nSPS) is 16.1. The molecule has 0 aliphatic carbocycles. The molecule has 0 radical (unpaired) electrons. The highest BCUT2D eigenvalue weighted by molar-refractivity contribution is 8.15. The quantitative estimate of drug-likeness (QED) is 0.425.